The lowest BCUT2D eigenvalue weighted by molar-refractivity contribution is -0.115. The van der Waals surface area contributed by atoms with E-state index in [1.165, 1.54) is 5.38 Å². The Hall–Kier alpha value is -2.16. The van der Waals surface area contributed by atoms with Gasteiger partial charge in [0.05, 0.1) is 12.1 Å². The Bertz CT molecular complexity index is 648. The number of nitrogens with zero attached hydrogens (tertiary/aromatic N) is 1. The predicted molar refractivity (Wildman–Crippen MR) is 65.1 cm³/mol. The van der Waals surface area contributed by atoms with Gasteiger partial charge < -0.3 is 11.1 Å². The molecule has 0 atom stereocenters. The van der Waals surface area contributed by atoms with Gasteiger partial charge in [-0.3, -0.25) is 4.79 Å². The number of nitrogens with two attached hydrogens (primary N) is 1. The molecule has 0 spiro atoms. The number of halogens is 4. The van der Waals surface area contributed by atoms with Crippen LogP contribution in [-0.4, -0.2) is 10.9 Å². The first-order valence-electron chi connectivity index (χ1n) is 5.21. The van der Waals surface area contributed by atoms with Gasteiger partial charge in [0.25, 0.3) is 0 Å². The van der Waals surface area contributed by atoms with Crippen LogP contribution in [0.25, 0.3) is 0 Å². The molecule has 0 unspecified atom stereocenters. The van der Waals surface area contributed by atoms with Crippen LogP contribution in [-0.2, 0) is 11.2 Å². The third-order valence-corrected chi connectivity index (χ3v) is 3.01. The Labute approximate surface area is 114 Å². The second kappa shape index (κ2) is 5.45. The molecule has 0 fully saturated rings. The maximum absolute atomic E-state index is 13.3. The zero-order chi connectivity index (χ0) is 14.9. The normalized spacial score (nSPS) is 10.6. The summed E-state index contributed by atoms with van der Waals surface area (Å²) in [5.41, 5.74) is 4.46. The molecular formula is C11H7F4N3OS. The number of aromatic nitrogens is 1. The zero-order valence-electron chi connectivity index (χ0n) is 9.71. The zero-order valence-corrected chi connectivity index (χ0v) is 10.5. The van der Waals surface area contributed by atoms with Gasteiger partial charge in [0.2, 0.25) is 5.91 Å². The van der Waals surface area contributed by atoms with Gasteiger partial charge in [-0.1, -0.05) is 0 Å². The van der Waals surface area contributed by atoms with E-state index in [1.807, 2.05) is 0 Å². The maximum Gasteiger partial charge on any atom is 0.230 e. The van der Waals surface area contributed by atoms with Crippen molar-refractivity contribution in [2.45, 2.75) is 6.42 Å². The minimum Gasteiger partial charge on any atom is -0.375 e. The van der Waals surface area contributed by atoms with Crippen LogP contribution in [0, 0.1) is 23.3 Å². The van der Waals surface area contributed by atoms with Crippen LogP contribution < -0.4 is 11.1 Å². The molecule has 0 aliphatic rings. The molecule has 0 radical (unpaired) electrons. The van der Waals surface area contributed by atoms with Gasteiger partial charge in [-0.2, -0.15) is 0 Å². The molecule has 1 aromatic heterocycles. The number of nitrogen functional groups attached to an aromatic ring is 1. The van der Waals surface area contributed by atoms with Crippen LogP contribution in [0.5, 0.6) is 0 Å². The SMILES string of the molecule is Nc1nc(CC(=O)Nc2c(F)c(F)cc(F)c2F)cs1. The Balaban J connectivity index is 2.20. The highest BCUT2D eigenvalue weighted by molar-refractivity contribution is 7.13. The van der Waals surface area contributed by atoms with Crippen molar-refractivity contribution < 1.29 is 22.4 Å². The molecule has 1 amide bonds. The van der Waals surface area contributed by atoms with Crippen LogP contribution in [0.3, 0.4) is 0 Å². The van der Waals surface area contributed by atoms with E-state index in [1.54, 1.807) is 5.32 Å². The molecule has 0 bridgehead atoms. The van der Waals surface area contributed by atoms with Crippen LogP contribution in [0.4, 0.5) is 28.4 Å². The van der Waals surface area contributed by atoms with Crippen molar-refractivity contribution in [2.75, 3.05) is 11.1 Å². The van der Waals surface area contributed by atoms with Crippen molar-refractivity contribution in [1.29, 1.82) is 0 Å². The number of amides is 1. The molecule has 1 heterocycles. The average molecular weight is 305 g/mol. The second-order valence-corrected chi connectivity index (χ2v) is 4.63. The van der Waals surface area contributed by atoms with Gasteiger partial charge in [0, 0.05) is 11.4 Å². The van der Waals surface area contributed by atoms with Crippen molar-refractivity contribution >= 4 is 28.1 Å². The Morgan fingerprint density at radius 3 is 2.35 bits per heavy atom. The van der Waals surface area contributed by atoms with Gasteiger partial charge in [-0.25, -0.2) is 22.5 Å². The summed E-state index contributed by atoms with van der Waals surface area (Å²) in [6, 6.07) is 0.0570. The molecule has 4 nitrogen and oxygen atoms in total. The van der Waals surface area contributed by atoms with Crippen molar-refractivity contribution in [3.8, 4) is 0 Å². The number of benzene rings is 1. The van der Waals surface area contributed by atoms with Crippen LogP contribution in [0.2, 0.25) is 0 Å². The number of thiazole rings is 1. The van der Waals surface area contributed by atoms with E-state index in [9.17, 15) is 22.4 Å². The third kappa shape index (κ3) is 2.87. The lowest BCUT2D eigenvalue weighted by atomic mass is 10.2. The Morgan fingerprint density at radius 2 is 1.85 bits per heavy atom. The van der Waals surface area contributed by atoms with Crippen molar-refractivity contribution in [3.63, 3.8) is 0 Å². The Kier molecular flexibility index (Phi) is 3.89. The molecule has 3 N–H and O–H groups in total. The first-order valence-corrected chi connectivity index (χ1v) is 6.09. The Morgan fingerprint density at radius 1 is 1.25 bits per heavy atom. The molecule has 106 valence electrons. The highest BCUT2D eigenvalue weighted by Gasteiger charge is 2.21. The van der Waals surface area contributed by atoms with Crippen LogP contribution in [0.15, 0.2) is 11.4 Å². The lowest BCUT2D eigenvalue weighted by Gasteiger charge is -2.08. The molecule has 2 aromatic rings. The molecule has 9 heteroatoms. The van der Waals surface area contributed by atoms with Crippen molar-refractivity contribution in [1.82, 2.24) is 4.98 Å². The summed E-state index contributed by atoms with van der Waals surface area (Å²) in [5, 5.41) is 3.48. The number of rotatable bonds is 3. The fraction of sp³-hybridized carbons (Fsp3) is 0.0909. The molecular weight excluding hydrogens is 298 g/mol. The van der Waals surface area contributed by atoms with Crippen molar-refractivity contribution in [2.24, 2.45) is 0 Å². The van der Waals surface area contributed by atoms with Crippen LogP contribution in [0.1, 0.15) is 5.69 Å². The van der Waals surface area contributed by atoms with Gasteiger partial charge in [-0.05, 0) is 0 Å². The topological polar surface area (TPSA) is 68.0 Å². The smallest absolute Gasteiger partial charge is 0.230 e. The molecule has 2 rings (SSSR count). The fourth-order valence-electron chi connectivity index (χ4n) is 1.43. The standard InChI is InChI=1S/C11H7F4N3OS/c12-5-2-6(13)9(15)10(8(5)14)18-7(19)1-4-3-20-11(16)17-4/h2-3H,1H2,(H2,16,17)(H,18,19). The highest BCUT2D eigenvalue weighted by atomic mass is 32.1. The molecule has 0 saturated heterocycles. The third-order valence-electron chi connectivity index (χ3n) is 2.29. The highest BCUT2D eigenvalue weighted by Crippen LogP contribution is 2.24. The monoisotopic (exact) mass is 305 g/mol. The largest absolute Gasteiger partial charge is 0.375 e. The van der Waals surface area contributed by atoms with E-state index in [2.05, 4.69) is 4.98 Å². The maximum atomic E-state index is 13.3. The van der Waals surface area contributed by atoms with E-state index in [0.717, 1.165) is 11.3 Å². The second-order valence-electron chi connectivity index (χ2n) is 3.75. The summed E-state index contributed by atoms with van der Waals surface area (Å²) < 4.78 is 52.5. The summed E-state index contributed by atoms with van der Waals surface area (Å²) in [7, 11) is 0. The van der Waals surface area contributed by atoms with Gasteiger partial charge in [-0.15, -0.1) is 11.3 Å². The minimum atomic E-state index is -1.67. The molecule has 0 saturated carbocycles. The summed E-state index contributed by atoms with van der Waals surface area (Å²) >= 11 is 1.08. The van der Waals surface area contributed by atoms with Gasteiger partial charge in [0.15, 0.2) is 28.4 Å². The number of nitrogens with one attached hydrogen (secondary N) is 1. The van der Waals surface area contributed by atoms with E-state index in [4.69, 9.17) is 5.73 Å². The predicted octanol–water partition coefficient (Wildman–Crippen LogP) is 2.46. The average Bonchev–Trinajstić information content (AvgIpc) is 2.77. The number of carbonyl (C=O) groups excluding carboxylic acids is 1. The van der Waals surface area contributed by atoms with E-state index in [0.29, 0.717) is 0 Å². The summed E-state index contributed by atoms with van der Waals surface area (Å²) in [5.74, 6) is -7.42. The number of carbonyl (C=O) groups is 1. The van der Waals surface area contributed by atoms with Crippen molar-refractivity contribution in [3.05, 3.63) is 40.4 Å². The molecule has 20 heavy (non-hydrogen) atoms. The van der Waals surface area contributed by atoms with E-state index >= 15 is 0 Å². The van der Waals surface area contributed by atoms with Gasteiger partial charge in [0.1, 0.15) is 5.69 Å². The summed E-state index contributed by atoms with van der Waals surface area (Å²) in [6.45, 7) is 0. The van der Waals surface area contributed by atoms with Crippen LogP contribution >= 0.6 is 11.3 Å². The number of anilines is 2. The first kappa shape index (κ1) is 14.3. The van der Waals surface area contributed by atoms with E-state index < -0.39 is 34.9 Å². The molecule has 0 aliphatic heterocycles. The first-order chi connectivity index (χ1) is 9.38. The molecule has 1 aromatic carbocycles. The van der Waals surface area contributed by atoms with E-state index in [-0.39, 0.29) is 23.3 Å². The fourth-order valence-corrected chi connectivity index (χ4v) is 2.00. The number of hydrogen-bond donors (Lipinski definition) is 2. The lowest BCUT2D eigenvalue weighted by Crippen LogP contribution is -2.18. The minimum absolute atomic E-state index is 0.0570. The summed E-state index contributed by atoms with van der Waals surface area (Å²) in [6.07, 6.45) is -0.329. The molecule has 0 aliphatic carbocycles. The number of hydrogen-bond acceptors (Lipinski definition) is 4. The quantitative estimate of drug-likeness (QED) is 0.676. The van der Waals surface area contributed by atoms with Gasteiger partial charge >= 0.3 is 0 Å². The summed E-state index contributed by atoms with van der Waals surface area (Å²) in [4.78, 5) is 15.3.